The van der Waals surface area contributed by atoms with Crippen LogP contribution in [0, 0.1) is 0 Å². The molecule has 2 aliphatic rings. The number of nitrogens with zero attached hydrogens (tertiary/aromatic N) is 4. The summed E-state index contributed by atoms with van der Waals surface area (Å²) >= 11 is 0. The second-order valence-electron chi connectivity index (χ2n) is 9.19. The van der Waals surface area contributed by atoms with Gasteiger partial charge in [-0.3, -0.25) is 9.78 Å². The van der Waals surface area contributed by atoms with Crippen molar-refractivity contribution in [1.29, 1.82) is 0 Å². The molecule has 2 fully saturated rings. The van der Waals surface area contributed by atoms with Crippen LogP contribution < -0.4 is 10.2 Å². The Kier molecular flexibility index (Phi) is 6.31. The summed E-state index contributed by atoms with van der Waals surface area (Å²) in [6.07, 6.45) is 11.5. The molecule has 5 rings (SSSR count). The molecule has 0 bridgehead atoms. The number of carbonyl (C=O) groups excluding carboxylic acids is 1. The monoisotopic (exact) mass is 481 g/mol. The molecule has 0 unspecified atom stereocenters. The molecular formula is C25H31N5O3S. The average Bonchev–Trinajstić information content (AvgIpc) is 3.28. The molecule has 0 radical (unpaired) electrons. The summed E-state index contributed by atoms with van der Waals surface area (Å²) in [7, 11) is -1.91. The Morgan fingerprint density at radius 2 is 1.65 bits per heavy atom. The van der Waals surface area contributed by atoms with Crippen molar-refractivity contribution in [1.82, 2.24) is 13.9 Å². The third-order valence-corrected chi connectivity index (χ3v) is 8.77. The fourth-order valence-corrected chi connectivity index (χ4v) is 6.62. The van der Waals surface area contributed by atoms with Gasteiger partial charge in [-0.2, -0.15) is 4.31 Å². The second kappa shape index (κ2) is 9.38. The van der Waals surface area contributed by atoms with Crippen LogP contribution in [0.5, 0.6) is 0 Å². The van der Waals surface area contributed by atoms with Gasteiger partial charge < -0.3 is 14.8 Å². The minimum Gasteiger partial charge on any atom is -0.371 e. The van der Waals surface area contributed by atoms with Gasteiger partial charge in [0.2, 0.25) is 10.0 Å². The van der Waals surface area contributed by atoms with Crippen LogP contribution in [0.3, 0.4) is 0 Å². The van der Waals surface area contributed by atoms with Crippen molar-refractivity contribution in [2.24, 2.45) is 7.05 Å². The smallest absolute Gasteiger partial charge is 0.272 e. The molecule has 9 heteroatoms. The molecule has 3 aromatic rings. The number of hydrogen-bond donors (Lipinski definition) is 1. The van der Waals surface area contributed by atoms with E-state index in [9.17, 15) is 13.2 Å². The predicted octanol–water partition coefficient (Wildman–Crippen LogP) is 3.99. The summed E-state index contributed by atoms with van der Waals surface area (Å²) in [5, 5.41) is 4.91. The molecule has 1 amide bonds. The zero-order chi connectivity index (χ0) is 23.7. The van der Waals surface area contributed by atoms with Crippen molar-refractivity contribution in [3.05, 3.63) is 48.5 Å². The van der Waals surface area contributed by atoms with Crippen LogP contribution in [-0.2, 0) is 17.1 Å². The lowest BCUT2D eigenvalue weighted by Gasteiger charge is -2.30. The van der Waals surface area contributed by atoms with E-state index in [-0.39, 0.29) is 10.8 Å². The molecule has 2 saturated heterocycles. The van der Waals surface area contributed by atoms with Crippen molar-refractivity contribution in [2.75, 3.05) is 36.4 Å². The van der Waals surface area contributed by atoms with E-state index in [1.807, 2.05) is 12.1 Å². The summed E-state index contributed by atoms with van der Waals surface area (Å²) in [5.74, 6) is -0.349. The van der Waals surface area contributed by atoms with Gasteiger partial charge in [-0.05, 0) is 56.4 Å². The zero-order valence-corrected chi connectivity index (χ0v) is 20.4. The Hall–Kier alpha value is -2.91. The van der Waals surface area contributed by atoms with E-state index in [1.54, 1.807) is 24.0 Å². The third kappa shape index (κ3) is 4.30. The number of pyridine rings is 1. The van der Waals surface area contributed by atoms with Gasteiger partial charge in [-0.1, -0.05) is 6.42 Å². The van der Waals surface area contributed by atoms with E-state index >= 15 is 0 Å². The first-order chi connectivity index (χ1) is 16.4. The third-order valence-electron chi connectivity index (χ3n) is 6.91. The number of carbonyl (C=O) groups is 1. The number of sulfonamides is 1. The normalized spacial score (nSPS) is 17.7. The van der Waals surface area contributed by atoms with Crippen molar-refractivity contribution in [3.63, 3.8) is 0 Å². The number of aromatic nitrogens is 2. The number of anilines is 2. The highest BCUT2D eigenvalue weighted by atomic mass is 32.2. The fourth-order valence-electron chi connectivity index (χ4n) is 5.04. The SMILES string of the molecule is Cn1cc(S(=O)(=O)N2CCCCC2)cc1C(=O)Nc1ccc(N2CCCCC2)c2ccncc12. The number of aryl methyl sites for hydroxylation is 1. The van der Waals surface area contributed by atoms with Crippen molar-refractivity contribution < 1.29 is 13.2 Å². The molecule has 2 aromatic heterocycles. The van der Waals surface area contributed by atoms with E-state index in [0.717, 1.165) is 48.8 Å². The topological polar surface area (TPSA) is 87.5 Å². The second-order valence-corrected chi connectivity index (χ2v) is 11.1. The first-order valence-electron chi connectivity index (χ1n) is 12.0. The van der Waals surface area contributed by atoms with Crippen LogP contribution in [-0.4, -0.2) is 54.4 Å². The summed E-state index contributed by atoms with van der Waals surface area (Å²) < 4.78 is 29.2. The van der Waals surface area contributed by atoms with Crippen LogP contribution in [0.25, 0.3) is 10.8 Å². The summed E-state index contributed by atoms with van der Waals surface area (Å²) in [6, 6.07) is 7.43. The Labute approximate surface area is 200 Å². The maximum atomic E-state index is 13.2. The molecule has 1 aromatic carbocycles. The Morgan fingerprint density at radius 1 is 0.941 bits per heavy atom. The maximum absolute atomic E-state index is 13.2. The van der Waals surface area contributed by atoms with Gasteiger partial charge in [-0.25, -0.2) is 8.42 Å². The molecule has 8 nitrogen and oxygen atoms in total. The summed E-state index contributed by atoms with van der Waals surface area (Å²) in [4.78, 5) is 20.1. The minimum atomic E-state index is -3.61. The van der Waals surface area contributed by atoms with E-state index in [1.165, 1.54) is 35.8 Å². The van der Waals surface area contributed by atoms with E-state index < -0.39 is 10.0 Å². The molecule has 1 N–H and O–H groups in total. The number of fused-ring (bicyclic) bond motifs is 1. The number of nitrogens with one attached hydrogen (secondary N) is 1. The zero-order valence-electron chi connectivity index (χ0n) is 19.5. The van der Waals surface area contributed by atoms with Crippen LogP contribution in [0.1, 0.15) is 49.0 Å². The summed E-state index contributed by atoms with van der Waals surface area (Å²) in [6.45, 7) is 3.11. The van der Waals surface area contributed by atoms with Crippen molar-refractivity contribution >= 4 is 38.1 Å². The number of hydrogen-bond acceptors (Lipinski definition) is 5. The lowest BCUT2D eigenvalue weighted by Crippen LogP contribution is -2.35. The quantitative estimate of drug-likeness (QED) is 0.595. The Bertz CT molecular complexity index is 1310. The molecular weight excluding hydrogens is 450 g/mol. The van der Waals surface area contributed by atoms with Gasteiger partial charge in [0.1, 0.15) is 10.6 Å². The average molecular weight is 482 g/mol. The van der Waals surface area contributed by atoms with E-state index in [4.69, 9.17) is 0 Å². The molecule has 0 aliphatic carbocycles. The largest absolute Gasteiger partial charge is 0.371 e. The molecule has 0 spiro atoms. The highest BCUT2D eigenvalue weighted by molar-refractivity contribution is 7.89. The van der Waals surface area contributed by atoms with Gasteiger partial charge in [0.25, 0.3) is 5.91 Å². The van der Waals surface area contributed by atoms with Crippen LogP contribution in [0.4, 0.5) is 11.4 Å². The van der Waals surface area contributed by atoms with Crippen LogP contribution in [0.2, 0.25) is 0 Å². The maximum Gasteiger partial charge on any atom is 0.272 e. The van der Waals surface area contributed by atoms with Crippen molar-refractivity contribution in [2.45, 2.75) is 43.4 Å². The molecule has 180 valence electrons. The molecule has 4 heterocycles. The van der Waals surface area contributed by atoms with E-state index in [0.29, 0.717) is 24.5 Å². The predicted molar refractivity (Wildman–Crippen MR) is 134 cm³/mol. The van der Waals surface area contributed by atoms with Crippen LogP contribution in [0.15, 0.2) is 47.8 Å². The molecule has 0 atom stereocenters. The lowest BCUT2D eigenvalue weighted by atomic mass is 10.0. The standard InChI is InChI=1S/C25H31N5O3S/c1-28-18-19(34(32,33)30-14-6-3-7-15-30)16-24(28)25(31)27-22-8-9-23(29-12-4-2-5-13-29)20-10-11-26-17-21(20)22/h8-11,16-18H,2-7,12-15H2,1H3,(H,27,31). The summed E-state index contributed by atoms with van der Waals surface area (Å²) in [5.41, 5.74) is 2.12. The van der Waals surface area contributed by atoms with E-state index in [2.05, 4.69) is 21.3 Å². The molecule has 34 heavy (non-hydrogen) atoms. The number of benzene rings is 1. The highest BCUT2D eigenvalue weighted by Crippen LogP contribution is 2.33. The number of piperidine rings is 2. The first-order valence-corrected chi connectivity index (χ1v) is 13.5. The lowest BCUT2D eigenvalue weighted by molar-refractivity contribution is 0.101. The van der Waals surface area contributed by atoms with Crippen LogP contribution >= 0.6 is 0 Å². The first kappa shape index (κ1) is 22.9. The molecule has 0 saturated carbocycles. The number of rotatable bonds is 5. The van der Waals surface area contributed by atoms with Crippen molar-refractivity contribution in [3.8, 4) is 0 Å². The highest BCUT2D eigenvalue weighted by Gasteiger charge is 2.28. The van der Waals surface area contributed by atoms with Gasteiger partial charge in [0.15, 0.2) is 0 Å². The minimum absolute atomic E-state index is 0.161. The fraction of sp³-hybridized carbons (Fsp3) is 0.440. The number of amides is 1. The van der Waals surface area contributed by atoms with Gasteiger partial charge in [-0.15, -0.1) is 0 Å². The van der Waals surface area contributed by atoms with Gasteiger partial charge in [0, 0.05) is 68.3 Å². The van der Waals surface area contributed by atoms with Gasteiger partial charge >= 0.3 is 0 Å². The Morgan fingerprint density at radius 3 is 2.38 bits per heavy atom. The Balaban J connectivity index is 1.42. The molecule has 2 aliphatic heterocycles. The van der Waals surface area contributed by atoms with Gasteiger partial charge in [0.05, 0.1) is 5.69 Å².